The Morgan fingerprint density at radius 3 is 2.29 bits per heavy atom. The number of hydrogen-bond donors (Lipinski definition) is 1. The predicted octanol–water partition coefficient (Wildman–Crippen LogP) is 2.92. The van der Waals surface area contributed by atoms with Crippen molar-refractivity contribution in [3.05, 3.63) is 83.9 Å². The zero-order valence-corrected chi connectivity index (χ0v) is 11.4. The van der Waals surface area contributed by atoms with Crippen LogP contribution in [0.4, 0.5) is 0 Å². The molecular formula is C17H15NO3. The van der Waals surface area contributed by atoms with Crippen LogP contribution >= 0.6 is 0 Å². The molecule has 2 rings (SSSR count). The van der Waals surface area contributed by atoms with Crippen molar-refractivity contribution in [2.24, 2.45) is 0 Å². The van der Waals surface area contributed by atoms with E-state index in [1.165, 1.54) is 0 Å². The third kappa shape index (κ3) is 4.04. The van der Waals surface area contributed by atoms with Crippen LogP contribution in [-0.4, -0.2) is 11.9 Å². The lowest BCUT2D eigenvalue weighted by Crippen LogP contribution is -2.27. The molecule has 0 bridgehead atoms. The van der Waals surface area contributed by atoms with E-state index in [1.54, 1.807) is 48.5 Å². The maximum absolute atomic E-state index is 11.8. The average Bonchev–Trinajstić information content (AvgIpc) is 2.54. The van der Waals surface area contributed by atoms with Gasteiger partial charge in [-0.05, 0) is 36.2 Å². The van der Waals surface area contributed by atoms with E-state index in [9.17, 15) is 9.59 Å². The first-order chi connectivity index (χ1) is 10.2. The number of allylic oxidation sites excluding steroid dienone is 1. The Morgan fingerprint density at radius 2 is 1.67 bits per heavy atom. The summed E-state index contributed by atoms with van der Waals surface area (Å²) < 4.78 is 0. The van der Waals surface area contributed by atoms with Crippen LogP contribution in [0.3, 0.4) is 0 Å². The van der Waals surface area contributed by atoms with Gasteiger partial charge < -0.3 is 4.84 Å². The SMILES string of the molecule is C=CCc1ccc(C(=O)ONC(=O)c2ccccc2)cc1. The summed E-state index contributed by atoms with van der Waals surface area (Å²) in [6, 6.07) is 15.5. The van der Waals surface area contributed by atoms with Crippen LogP contribution in [0.2, 0.25) is 0 Å². The Bertz CT molecular complexity index is 633. The number of carbonyl (C=O) groups is 2. The third-order valence-corrected chi connectivity index (χ3v) is 2.84. The monoisotopic (exact) mass is 281 g/mol. The minimum absolute atomic E-state index is 0.371. The first-order valence-corrected chi connectivity index (χ1v) is 6.47. The summed E-state index contributed by atoms with van der Waals surface area (Å²) in [5.74, 6) is -1.07. The van der Waals surface area contributed by atoms with E-state index in [0.29, 0.717) is 11.1 Å². The largest absolute Gasteiger partial charge is 0.362 e. The molecule has 0 heterocycles. The van der Waals surface area contributed by atoms with Gasteiger partial charge in [-0.2, -0.15) is 5.48 Å². The molecule has 106 valence electrons. The normalized spacial score (nSPS) is 9.71. The highest BCUT2D eigenvalue weighted by molar-refractivity contribution is 5.95. The van der Waals surface area contributed by atoms with Gasteiger partial charge in [0.05, 0.1) is 5.56 Å². The van der Waals surface area contributed by atoms with Gasteiger partial charge in [-0.25, -0.2) is 4.79 Å². The van der Waals surface area contributed by atoms with Gasteiger partial charge in [-0.1, -0.05) is 36.4 Å². The number of hydroxylamine groups is 1. The van der Waals surface area contributed by atoms with Crippen LogP contribution in [0.25, 0.3) is 0 Å². The van der Waals surface area contributed by atoms with Gasteiger partial charge in [-0.3, -0.25) is 4.79 Å². The van der Waals surface area contributed by atoms with Crippen molar-refractivity contribution in [2.45, 2.75) is 6.42 Å². The van der Waals surface area contributed by atoms with Crippen LogP contribution in [0.1, 0.15) is 26.3 Å². The molecular weight excluding hydrogens is 266 g/mol. The van der Waals surface area contributed by atoms with E-state index < -0.39 is 11.9 Å². The third-order valence-electron chi connectivity index (χ3n) is 2.84. The molecule has 2 aromatic rings. The summed E-state index contributed by atoms with van der Waals surface area (Å²) in [5.41, 5.74) is 3.98. The molecule has 0 atom stereocenters. The molecule has 21 heavy (non-hydrogen) atoms. The maximum atomic E-state index is 11.8. The first-order valence-electron chi connectivity index (χ1n) is 6.47. The summed E-state index contributed by atoms with van der Waals surface area (Å²) in [7, 11) is 0. The second-order valence-corrected chi connectivity index (χ2v) is 4.38. The molecule has 0 aromatic heterocycles. The van der Waals surface area contributed by atoms with Crippen molar-refractivity contribution in [1.82, 2.24) is 5.48 Å². The molecule has 0 aliphatic carbocycles. The zero-order valence-electron chi connectivity index (χ0n) is 11.4. The van der Waals surface area contributed by atoms with Gasteiger partial charge in [0.15, 0.2) is 0 Å². The van der Waals surface area contributed by atoms with Crippen LogP contribution in [0.5, 0.6) is 0 Å². The molecule has 4 nitrogen and oxygen atoms in total. The molecule has 0 saturated carbocycles. The highest BCUT2D eigenvalue weighted by Crippen LogP contribution is 2.07. The second kappa shape index (κ2) is 7.05. The van der Waals surface area contributed by atoms with Crippen LogP contribution < -0.4 is 5.48 Å². The molecule has 1 amide bonds. The number of nitrogens with one attached hydrogen (secondary N) is 1. The van der Waals surface area contributed by atoms with Crippen molar-refractivity contribution in [1.29, 1.82) is 0 Å². The highest BCUT2D eigenvalue weighted by Gasteiger charge is 2.10. The van der Waals surface area contributed by atoms with Crippen molar-refractivity contribution >= 4 is 11.9 Å². The van der Waals surface area contributed by atoms with Gasteiger partial charge in [0.1, 0.15) is 0 Å². The van der Waals surface area contributed by atoms with Gasteiger partial charge in [-0.15, -0.1) is 6.58 Å². The molecule has 0 radical (unpaired) electrons. The van der Waals surface area contributed by atoms with E-state index in [2.05, 4.69) is 12.1 Å². The van der Waals surface area contributed by atoms with E-state index in [4.69, 9.17) is 4.84 Å². The van der Waals surface area contributed by atoms with Crippen molar-refractivity contribution < 1.29 is 14.4 Å². The molecule has 0 spiro atoms. The number of rotatable bonds is 4. The van der Waals surface area contributed by atoms with Crippen molar-refractivity contribution in [2.75, 3.05) is 0 Å². The van der Waals surface area contributed by atoms with Gasteiger partial charge in [0, 0.05) is 5.56 Å². The summed E-state index contributed by atoms with van der Waals surface area (Å²) in [6.07, 6.45) is 2.52. The molecule has 0 aliphatic heterocycles. The minimum atomic E-state index is -0.607. The minimum Gasteiger partial charge on any atom is -0.335 e. The maximum Gasteiger partial charge on any atom is 0.362 e. The molecule has 0 saturated heterocycles. The molecule has 2 aromatic carbocycles. The lowest BCUT2D eigenvalue weighted by Gasteiger charge is -2.06. The van der Waals surface area contributed by atoms with Crippen LogP contribution in [-0.2, 0) is 11.3 Å². The van der Waals surface area contributed by atoms with E-state index in [-0.39, 0.29) is 0 Å². The van der Waals surface area contributed by atoms with Gasteiger partial charge >= 0.3 is 5.97 Å². The number of carbonyl (C=O) groups excluding carboxylic acids is 2. The lowest BCUT2D eigenvalue weighted by atomic mass is 10.1. The Labute approximate surface area is 123 Å². The fraction of sp³-hybridized carbons (Fsp3) is 0.0588. The fourth-order valence-corrected chi connectivity index (χ4v) is 1.74. The zero-order chi connectivity index (χ0) is 15.1. The summed E-state index contributed by atoms with van der Waals surface area (Å²) >= 11 is 0. The lowest BCUT2D eigenvalue weighted by molar-refractivity contribution is 0.0230. The summed E-state index contributed by atoms with van der Waals surface area (Å²) in [5, 5.41) is 0. The molecule has 0 fully saturated rings. The molecule has 0 aliphatic rings. The van der Waals surface area contributed by atoms with Gasteiger partial charge in [0.25, 0.3) is 5.91 Å². The Balaban J connectivity index is 1.92. The van der Waals surface area contributed by atoms with Crippen LogP contribution in [0.15, 0.2) is 67.3 Å². The molecule has 0 unspecified atom stereocenters. The number of hydrogen-bond acceptors (Lipinski definition) is 3. The highest BCUT2D eigenvalue weighted by atomic mass is 16.7. The standard InChI is InChI=1S/C17H15NO3/c1-2-6-13-9-11-15(12-10-13)17(20)21-18-16(19)14-7-4-3-5-8-14/h2-5,7-12H,1,6H2,(H,18,19). The Morgan fingerprint density at radius 1 is 1.00 bits per heavy atom. The van der Waals surface area contributed by atoms with E-state index in [1.807, 2.05) is 12.1 Å². The Kier molecular flexibility index (Phi) is 4.88. The van der Waals surface area contributed by atoms with E-state index >= 15 is 0 Å². The van der Waals surface area contributed by atoms with Crippen LogP contribution in [0, 0.1) is 0 Å². The second-order valence-electron chi connectivity index (χ2n) is 4.38. The summed E-state index contributed by atoms with van der Waals surface area (Å²) in [4.78, 5) is 28.3. The molecule has 4 heteroatoms. The van der Waals surface area contributed by atoms with Gasteiger partial charge in [0.2, 0.25) is 0 Å². The van der Waals surface area contributed by atoms with Crippen molar-refractivity contribution in [3.8, 4) is 0 Å². The smallest absolute Gasteiger partial charge is 0.335 e. The number of amides is 1. The quantitative estimate of drug-likeness (QED) is 0.692. The first kappa shape index (κ1) is 14.5. The van der Waals surface area contributed by atoms with E-state index in [0.717, 1.165) is 12.0 Å². The topological polar surface area (TPSA) is 55.4 Å². The fourth-order valence-electron chi connectivity index (χ4n) is 1.74. The molecule has 1 N–H and O–H groups in total. The number of benzene rings is 2. The average molecular weight is 281 g/mol. The summed E-state index contributed by atoms with van der Waals surface area (Å²) in [6.45, 7) is 3.65. The Hall–Kier alpha value is -2.88. The van der Waals surface area contributed by atoms with Crippen molar-refractivity contribution in [3.63, 3.8) is 0 Å². The predicted molar refractivity (Wildman–Crippen MR) is 79.7 cm³/mol.